The minimum atomic E-state index is 0.433. The van der Waals surface area contributed by atoms with Crippen molar-refractivity contribution in [3.05, 3.63) is 29.8 Å². The maximum Gasteiger partial charge on any atom is 0.150 e. The first-order chi connectivity index (χ1) is 21.4. The Morgan fingerprint density at radius 3 is 0.977 bits per heavy atom. The van der Waals surface area contributed by atoms with Crippen LogP contribution in [0.3, 0.4) is 0 Å². The summed E-state index contributed by atoms with van der Waals surface area (Å²) in [6, 6.07) is 6.94. The van der Waals surface area contributed by atoms with E-state index in [0.29, 0.717) is 143 Å². The van der Waals surface area contributed by atoms with Crippen molar-refractivity contribution in [2.24, 2.45) is 0 Å². The third-order valence-corrected chi connectivity index (χ3v) is 5.50. The number of benzene rings is 1. The van der Waals surface area contributed by atoms with Gasteiger partial charge in [-0.15, -0.1) is 0 Å². The second-order valence-electron chi connectivity index (χ2n) is 9.01. The molecule has 0 aliphatic heterocycles. The Kier molecular flexibility index (Phi) is 30.3. The quantitative estimate of drug-likeness (QED) is 0.0822. The fourth-order valence-electron chi connectivity index (χ4n) is 3.19. The lowest BCUT2D eigenvalue weighted by molar-refractivity contribution is -0.0267. The molecule has 0 amide bonds. The molecule has 0 N–H and O–H groups in total. The molecule has 1 rings (SSSR count). The Labute approximate surface area is 257 Å². The Balaban J connectivity index is 1.64. The number of ether oxygens (including phenoxy) is 11. The highest BCUT2D eigenvalue weighted by molar-refractivity contribution is 5.74. The smallest absolute Gasteiger partial charge is 0.150 e. The lowest BCUT2D eigenvalue weighted by Gasteiger charge is -2.09. The molecule has 0 spiro atoms. The van der Waals surface area contributed by atoms with Crippen LogP contribution in [0.2, 0.25) is 0 Å². The zero-order chi connectivity index (χ0) is 30.7. The van der Waals surface area contributed by atoms with Crippen molar-refractivity contribution in [2.75, 3.05) is 139 Å². The van der Waals surface area contributed by atoms with Crippen LogP contribution in [0.25, 0.3) is 0 Å². The van der Waals surface area contributed by atoms with Crippen molar-refractivity contribution in [1.29, 1.82) is 0 Å². The standard InChI is InChI=1S/C31H54O12/c1-2-3-8-33-9-10-34-11-12-35-13-14-36-15-16-37-17-18-38-19-20-39-21-22-40-23-24-41-25-26-42-27-28-43-31-6-4-30(29-32)5-7-31/h4-7,29H,2-3,8-28H2,1H3. The van der Waals surface area contributed by atoms with Gasteiger partial charge < -0.3 is 52.1 Å². The molecule has 0 aromatic heterocycles. The molecular weight excluding hydrogens is 564 g/mol. The van der Waals surface area contributed by atoms with Crippen LogP contribution >= 0.6 is 0 Å². The number of hydrogen-bond donors (Lipinski definition) is 0. The van der Waals surface area contributed by atoms with Gasteiger partial charge in [0, 0.05) is 12.2 Å². The van der Waals surface area contributed by atoms with Gasteiger partial charge in [-0.05, 0) is 30.7 Å². The molecule has 0 unspecified atom stereocenters. The van der Waals surface area contributed by atoms with Crippen LogP contribution < -0.4 is 4.74 Å². The monoisotopic (exact) mass is 618 g/mol. The Bertz CT molecular complexity index is 692. The van der Waals surface area contributed by atoms with E-state index in [1.165, 1.54) is 0 Å². The summed E-state index contributed by atoms with van der Waals surface area (Å²) < 4.78 is 60.1. The molecule has 0 aliphatic rings. The maximum atomic E-state index is 10.6. The Morgan fingerprint density at radius 1 is 0.419 bits per heavy atom. The summed E-state index contributed by atoms with van der Waals surface area (Å²) in [7, 11) is 0. The van der Waals surface area contributed by atoms with Crippen molar-refractivity contribution in [3.63, 3.8) is 0 Å². The highest BCUT2D eigenvalue weighted by atomic mass is 16.6. The molecule has 43 heavy (non-hydrogen) atoms. The lowest BCUT2D eigenvalue weighted by atomic mass is 10.2. The second kappa shape index (κ2) is 33.2. The van der Waals surface area contributed by atoms with Crippen LogP contribution in [-0.2, 0) is 47.4 Å². The van der Waals surface area contributed by atoms with Crippen molar-refractivity contribution >= 4 is 6.29 Å². The minimum absolute atomic E-state index is 0.433. The van der Waals surface area contributed by atoms with Crippen molar-refractivity contribution in [3.8, 4) is 5.75 Å². The molecule has 0 saturated heterocycles. The topological polar surface area (TPSA) is 119 Å². The molecular formula is C31H54O12. The first-order valence-electron chi connectivity index (χ1n) is 15.3. The van der Waals surface area contributed by atoms with E-state index in [2.05, 4.69) is 6.92 Å². The molecule has 0 aliphatic carbocycles. The van der Waals surface area contributed by atoms with Gasteiger partial charge in [-0.25, -0.2) is 0 Å². The van der Waals surface area contributed by atoms with Crippen LogP contribution in [0.4, 0.5) is 0 Å². The molecule has 0 fully saturated rings. The summed E-state index contributed by atoms with van der Waals surface area (Å²) in [6.45, 7) is 13.3. The summed E-state index contributed by atoms with van der Waals surface area (Å²) in [4.78, 5) is 10.6. The Hall–Kier alpha value is -1.71. The van der Waals surface area contributed by atoms with Gasteiger partial charge >= 0.3 is 0 Å². The maximum absolute atomic E-state index is 10.6. The number of unbranched alkanes of at least 4 members (excludes halogenated alkanes) is 1. The minimum Gasteiger partial charge on any atom is -0.491 e. The molecule has 1 aromatic carbocycles. The summed E-state index contributed by atoms with van der Waals surface area (Å²) in [5, 5.41) is 0. The summed E-state index contributed by atoms with van der Waals surface area (Å²) in [6.07, 6.45) is 3.04. The molecule has 0 bridgehead atoms. The molecule has 12 heteroatoms. The fourth-order valence-corrected chi connectivity index (χ4v) is 3.19. The van der Waals surface area contributed by atoms with E-state index in [1.54, 1.807) is 24.3 Å². The molecule has 250 valence electrons. The van der Waals surface area contributed by atoms with E-state index in [-0.39, 0.29) is 0 Å². The predicted octanol–water partition coefficient (Wildman–Crippen LogP) is 2.84. The van der Waals surface area contributed by atoms with Crippen LogP contribution in [0, 0.1) is 0 Å². The largest absolute Gasteiger partial charge is 0.491 e. The van der Waals surface area contributed by atoms with Crippen LogP contribution in [-0.4, -0.2) is 145 Å². The van der Waals surface area contributed by atoms with E-state index in [4.69, 9.17) is 52.1 Å². The second-order valence-corrected chi connectivity index (χ2v) is 9.01. The van der Waals surface area contributed by atoms with Crippen LogP contribution in [0.15, 0.2) is 24.3 Å². The van der Waals surface area contributed by atoms with Gasteiger partial charge in [-0.2, -0.15) is 0 Å². The average molecular weight is 619 g/mol. The molecule has 0 atom stereocenters. The van der Waals surface area contributed by atoms with Crippen LogP contribution in [0.5, 0.6) is 5.75 Å². The Morgan fingerprint density at radius 2 is 0.698 bits per heavy atom. The molecule has 1 aromatic rings. The fraction of sp³-hybridized carbons (Fsp3) is 0.774. The zero-order valence-corrected chi connectivity index (χ0v) is 26.0. The van der Waals surface area contributed by atoms with Gasteiger partial charge in [-0.1, -0.05) is 13.3 Å². The van der Waals surface area contributed by atoms with Crippen molar-refractivity contribution in [2.45, 2.75) is 19.8 Å². The van der Waals surface area contributed by atoms with Gasteiger partial charge in [0.1, 0.15) is 18.6 Å². The van der Waals surface area contributed by atoms with Gasteiger partial charge in [0.05, 0.1) is 126 Å². The predicted molar refractivity (Wildman–Crippen MR) is 160 cm³/mol. The third kappa shape index (κ3) is 28.8. The van der Waals surface area contributed by atoms with Crippen molar-refractivity contribution < 1.29 is 56.9 Å². The molecule has 0 saturated carbocycles. The third-order valence-electron chi connectivity index (χ3n) is 5.50. The number of carbonyl (C=O) groups excluding carboxylic acids is 1. The summed E-state index contributed by atoms with van der Waals surface area (Å²) in [5.74, 6) is 0.706. The highest BCUT2D eigenvalue weighted by Crippen LogP contribution is 2.10. The number of aldehydes is 1. The first kappa shape index (κ1) is 39.3. The number of rotatable bonds is 35. The first-order valence-corrected chi connectivity index (χ1v) is 15.3. The van der Waals surface area contributed by atoms with Crippen LogP contribution in [0.1, 0.15) is 30.1 Å². The SMILES string of the molecule is CCCCOCCOCCOCCOCCOCCOCCOCCOCCOCCOCCOc1ccc(C=O)cc1. The average Bonchev–Trinajstić information content (AvgIpc) is 3.03. The van der Waals surface area contributed by atoms with Gasteiger partial charge in [0.25, 0.3) is 0 Å². The van der Waals surface area contributed by atoms with E-state index >= 15 is 0 Å². The lowest BCUT2D eigenvalue weighted by Crippen LogP contribution is -2.15. The van der Waals surface area contributed by atoms with Gasteiger partial charge in [-0.3, -0.25) is 4.79 Å². The normalized spacial score (nSPS) is 11.3. The highest BCUT2D eigenvalue weighted by Gasteiger charge is 1.97. The van der Waals surface area contributed by atoms with E-state index in [0.717, 1.165) is 25.7 Å². The number of hydrogen-bond acceptors (Lipinski definition) is 12. The summed E-state index contributed by atoms with van der Waals surface area (Å²) >= 11 is 0. The van der Waals surface area contributed by atoms with Gasteiger partial charge in [0.15, 0.2) is 0 Å². The molecule has 0 radical (unpaired) electrons. The van der Waals surface area contributed by atoms with E-state index < -0.39 is 0 Å². The number of carbonyl (C=O) groups is 1. The molecule has 0 heterocycles. The van der Waals surface area contributed by atoms with E-state index in [9.17, 15) is 4.79 Å². The molecule has 12 nitrogen and oxygen atoms in total. The van der Waals surface area contributed by atoms with Gasteiger partial charge in [0.2, 0.25) is 0 Å². The summed E-state index contributed by atoms with van der Waals surface area (Å²) in [5.41, 5.74) is 0.620. The zero-order valence-electron chi connectivity index (χ0n) is 26.0. The van der Waals surface area contributed by atoms with E-state index in [1.807, 2.05) is 0 Å². The van der Waals surface area contributed by atoms with Crippen molar-refractivity contribution in [1.82, 2.24) is 0 Å².